The van der Waals surface area contributed by atoms with Crippen molar-refractivity contribution in [2.24, 2.45) is 0 Å². The van der Waals surface area contributed by atoms with Gasteiger partial charge in [0.05, 0.1) is 24.9 Å². The van der Waals surface area contributed by atoms with Crippen molar-refractivity contribution in [3.63, 3.8) is 0 Å². The highest BCUT2D eigenvalue weighted by Crippen LogP contribution is 2.24. The van der Waals surface area contributed by atoms with E-state index in [2.05, 4.69) is 5.10 Å². The molecule has 0 radical (unpaired) electrons. The Labute approximate surface area is 163 Å². The quantitative estimate of drug-likeness (QED) is 0.516. The highest BCUT2D eigenvalue weighted by Gasteiger charge is 2.12. The van der Waals surface area contributed by atoms with Gasteiger partial charge in [-0.1, -0.05) is 60.7 Å². The van der Waals surface area contributed by atoms with Crippen molar-refractivity contribution in [3.8, 4) is 28.1 Å². The van der Waals surface area contributed by atoms with Crippen molar-refractivity contribution in [2.75, 3.05) is 7.11 Å². The fourth-order valence-corrected chi connectivity index (χ4v) is 3.13. The van der Waals surface area contributed by atoms with Crippen molar-refractivity contribution in [1.29, 1.82) is 0 Å². The average molecular weight is 368 g/mol. The first kappa shape index (κ1) is 17.7. The van der Waals surface area contributed by atoms with Crippen molar-refractivity contribution in [2.45, 2.75) is 6.54 Å². The number of methoxy groups -OCH3 is 1. The Morgan fingerprint density at radius 2 is 1.46 bits per heavy atom. The maximum absolute atomic E-state index is 13.1. The van der Waals surface area contributed by atoms with Gasteiger partial charge in [-0.3, -0.25) is 4.79 Å². The molecular weight excluding hydrogens is 348 g/mol. The van der Waals surface area contributed by atoms with E-state index in [-0.39, 0.29) is 5.56 Å². The molecule has 3 aromatic carbocycles. The molecule has 1 aromatic heterocycles. The van der Waals surface area contributed by atoms with Crippen molar-refractivity contribution in [1.82, 2.24) is 9.78 Å². The Balaban J connectivity index is 1.86. The molecule has 0 aliphatic carbocycles. The van der Waals surface area contributed by atoms with E-state index in [1.807, 2.05) is 91.0 Å². The molecule has 0 atom stereocenters. The summed E-state index contributed by atoms with van der Waals surface area (Å²) >= 11 is 0. The van der Waals surface area contributed by atoms with E-state index in [0.717, 1.165) is 28.1 Å². The van der Waals surface area contributed by atoms with Crippen LogP contribution in [-0.2, 0) is 6.54 Å². The molecule has 1 heterocycles. The maximum atomic E-state index is 13.1. The lowest BCUT2D eigenvalue weighted by molar-refractivity contribution is 0.415. The first-order valence-electron chi connectivity index (χ1n) is 9.10. The number of nitrogens with zero attached hydrogens (tertiary/aromatic N) is 2. The van der Waals surface area contributed by atoms with E-state index in [1.54, 1.807) is 7.11 Å². The van der Waals surface area contributed by atoms with E-state index in [0.29, 0.717) is 12.1 Å². The van der Waals surface area contributed by atoms with Gasteiger partial charge in [-0.15, -0.1) is 0 Å². The summed E-state index contributed by atoms with van der Waals surface area (Å²) in [5.74, 6) is 0.782. The molecule has 0 aliphatic rings. The molecule has 0 N–H and O–H groups in total. The summed E-state index contributed by atoms with van der Waals surface area (Å²) in [6, 6.07) is 29.1. The highest BCUT2D eigenvalue weighted by atomic mass is 16.5. The minimum absolute atomic E-state index is 0.104. The minimum Gasteiger partial charge on any atom is -0.497 e. The van der Waals surface area contributed by atoms with Gasteiger partial charge in [-0.05, 0) is 41.5 Å². The van der Waals surface area contributed by atoms with Crippen LogP contribution in [0.15, 0.2) is 95.8 Å². The smallest absolute Gasteiger partial charge is 0.274 e. The van der Waals surface area contributed by atoms with Crippen LogP contribution < -0.4 is 10.3 Å². The predicted molar refractivity (Wildman–Crippen MR) is 111 cm³/mol. The lowest BCUT2D eigenvalue weighted by Crippen LogP contribution is -2.25. The fraction of sp³-hybridized carbons (Fsp3) is 0.0833. The number of aromatic nitrogens is 2. The molecule has 0 amide bonds. The van der Waals surface area contributed by atoms with E-state index >= 15 is 0 Å². The van der Waals surface area contributed by atoms with Gasteiger partial charge in [0, 0.05) is 5.56 Å². The lowest BCUT2D eigenvalue weighted by atomic mass is 10.0. The number of ether oxygens (including phenoxy) is 1. The second-order valence-electron chi connectivity index (χ2n) is 6.49. The van der Waals surface area contributed by atoms with Gasteiger partial charge in [0.1, 0.15) is 5.75 Å². The number of hydrogen-bond donors (Lipinski definition) is 0. The van der Waals surface area contributed by atoms with Gasteiger partial charge >= 0.3 is 0 Å². The molecule has 28 heavy (non-hydrogen) atoms. The van der Waals surface area contributed by atoms with Gasteiger partial charge in [-0.25, -0.2) is 4.68 Å². The van der Waals surface area contributed by atoms with Crippen LogP contribution in [0, 0.1) is 0 Å². The molecule has 138 valence electrons. The van der Waals surface area contributed by atoms with Gasteiger partial charge in [0.15, 0.2) is 0 Å². The fourth-order valence-electron chi connectivity index (χ4n) is 3.13. The van der Waals surface area contributed by atoms with Crippen LogP contribution >= 0.6 is 0 Å². The van der Waals surface area contributed by atoms with Gasteiger partial charge in [-0.2, -0.15) is 5.10 Å². The summed E-state index contributed by atoms with van der Waals surface area (Å²) in [5.41, 5.74) is 4.12. The molecule has 0 saturated carbocycles. The normalized spacial score (nSPS) is 10.6. The predicted octanol–water partition coefficient (Wildman–Crippen LogP) is 4.63. The molecule has 4 nitrogen and oxygen atoms in total. The summed E-state index contributed by atoms with van der Waals surface area (Å²) in [7, 11) is 1.64. The van der Waals surface area contributed by atoms with E-state index < -0.39 is 0 Å². The minimum atomic E-state index is -0.104. The van der Waals surface area contributed by atoms with Crippen molar-refractivity contribution in [3.05, 3.63) is 107 Å². The standard InChI is InChI=1S/C24H20N2O2/c1-28-21-14-12-20(13-15-21)23-16-22(19-10-6-3-7-11-19)24(27)26(25-23)17-18-8-4-2-5-9-18/h2-16H,17H2,1H3. The number of benzene rings is 3. The van der Waals surface area contributed by atoms with Crippen molar-refractivity contribution < 1.29 is 4.74 Å². The van der Waals surface area contributed by atoms with Gasteiger partial charge in [0.25, 0.3) is 5.56 Å². The zero-order valence-corrected chi connectivity index (χ0v) is 15.6. The Bertz CT molecular complexity index is 1120. The van der Waals surface area contributed by atoms with Crippen LogP contribution in [0.5, 0.6) is 5.75 Å². The molecule has 0 unspecified atom stereocenters. The zero-order valence-electron chi connectivity index (χ0n) is 15.6. The summed E-state index contributed by atoms with van der Waals surface area (Å²) in [5, 5.41) is 4.64. The molecular formula is C24H20N2O2. The second kappa shape index (κ2) is 7.92. The maximum Gasteiger partial charge on any atom is 0.274 e. The van der Waals surface area contributed by atoms with E-state index in [4.69, 9.17) is 4.74 Å². The van der Waals surface area contributed by atoms with Crippen LogP contribution in [0.1, 0.15) is 5.56 Å². The second-order valence-corrected chi connectivity index (χ2v) is 6.49. The Kier molecular flexibility index (Phi) is 5.02. The summed E-state index contributed by atoms with van der Waals surface area (Å²) in [6.07, 6.45) is 0. The third kappa shape index (κ3) is 3.71. The molecule has 0 fully saturated rings. The van der Waals surface area contributed by atoms with Gasteiger partial charge in [0.2, 0.25) is 0 Å². The molecule has 0 bridgehead atoms. The first-order chi connectivity index (χ1) is 13.7. The van der Waals surface area contributed by atoms with E-state index in [1.165, 1.54) is 4.68 Å². The van der Waals surface area contributed by atoms with Crippen molar-refractivity contribution >= 4 is 0 Å². The monoisotopic (exact) mass is 368 g/mol. The largest absolute Gasteiger partial charge is 0.497 e. The third-order valence-corrected chi connectivity index (χ3v) is 4.62. The van der Waals surface area contributed by atoms with Crippen LogP contribution in [-0.4, -0.2) is 16.9 Å². The molecule has 4 heteroatoms. The van der Waals surface area contributed by atoms with Crippen LogP contribution in [0.2, 0.25) is 0 Å². The third-order valence-electron chi connectivity index (χ3n) is 4.62. The molecule has 4 aromatic rings. The molecule has 0 saturated heterocycles. The molecule has 0 spiro atoms. The highest BCUT2D eigenvalue weighted by molar-refractivity contribution is 5.69. The van der Waals surface area contributed by atoms with Crippen LogP contribution in [0.4, 0.5) is 0 Å². The Morgan fingerprint density at radius 1 is 0.821 bits per heavy atom. The molecule has 4 rings (SSSR count). The summed E-state index contributed by atoms with van der Waals surface area (Å²) in [4.78, 5) is 13.1. The number of rotatable bonds is 5. The van der Waals surface area contributed by atoms with Gasteiger partial charge < -0.3 is 4.74 Å². The van der Waals surface area contributed by atoms with E-state index in [9.17, 15) is 4.79 Å². The van der Waals surface area contributed by atoms with Crippen LogP contribution in [0.3, 0.4) is 0 Å². The van der Waals surface area contributed by atoms with Crippen LogP contribution in [0.25, 0.3) is 22.4 Å². The topological polar surface area (TPSA) is 44.1 Å². The Morgan fingerprint density at radius 3 is 2.11 bits per heavy atom. The summed E-state index contributed by atoms with van der Waals surface area (Å²) in [6.45, 7) is 0.420. The Hall–Kier alpha value is -3.66. The lowest BCUT2D eigenvalue weighted by Gasteiger charge is -2.12. The molecule has 0 aliphatic heterocycles. The SMILES string of the molecule is COc1ccc(-c2cc(-c3ccccc3)c(=O)n(Cc3ccccc3)n2)cc1. The average Bonchev–Trinajstić information content (AvgIpc) is 2.76. The first-order valence-corrected chi connectivity index (χ1v) is 9.10. The number of hydrogen-bond acceptors (Lipinski definition) is 3. The summed E-state index contributed by atoms with van der Waals surface area (Å²) < 4.78 is 6.78. The zero-order chi connectivity index (χ0) is 19.3.